The van der Waals surface area contributed by atoms with E-state index in [0.717, 1.165) is 70.3 Å². The molecule has 0 amide bonds. The topological polar surface area (TPSA) is 43.0 Å². The molecule has 0 radical (unpaired) electrons. The van der Waals surface area contributed by atoms with Gasteiger partial charge in [0.15, 0.2) is 11.5 Å². The van der Waals surface area contributed by atoms with Gasteiger partial charge in [0.2, 0.25) is 0 Å². The summed E-state index contributed by atoms with van der Waals surface area (Å²) < 4.78 is 17.0. The van der Waals surface area contributed by atoms with Crippen LogP contribution in [0.3, 0.4) is 0 Å². The molecule has 5 nitrogen and oxygen atoms in total. The zero-order valence-electron chi connectivity index (χ0n) is 13.3. The van der Waals surface area contributed by atoms with E-state index < -0.39 is 0 Å². The Hall–Kier alpha value is -1.30. The van der Waals surface area contributed by atoms with Crippen LogP contribution in [0.25, 0.3) is 0 Å². The smallest absolute Gasteiger partial charge is 0.161 e. The molecule has 1 N–H and O–H groups in total. The molecule has 5 heteroatoms. The van der Waals surface area contributed by atoms with Crippen molar-refractivity contribution in [2.75, 3.05) is 46.5 Å². The van der Waals surface area contributed by atoms with E-state index in [-0.39, 0.29) is 6.10 Å². The Bertz CT molecular complexity index is 469. The van der Waals surface area contributed by atoms with Crippen molar-refractivity contribution in [3.63, 3.8) is 0 Å². The molecule has 3 rings (SSSR count). The minimum Gasteiger partial charge on any atom is -0.493 e. The van der Waals surface area contributed by atoms with Crippen LogP contribution in [0.2, 0.25) is 0 Å². The van der Waals surface area contributed by atoms with Crippen LogP contribution in [0.5, 0.6) is 11.5 Å². The number of benzene rings is 1. The Morgan fingerprint density at radius 2 is 1.95 bits per heavy atom. The van der Waals surface area contributed by atoms with Gasteiger partial charge in [0.05, 0.1) is 20.3 Å². The Kier molecular flexibility index (Phi) is 5.53. The van der Waals surface area contributed by atoms with Gasteiger partial charge in [0.25, 0.3) is 0 Å². The number of nitrogens with one attached hydrogen (secondary N) is 1. The van der Waals surface area contributed by atoms with Crippen LogP contribution in [0, 0.1) is 0 Å². The van der Waals surface area contributed by atoms with Crippen molar-refractivity contribution in [2.24, 2.45) is 0 Å². The molecule has 0 bridgehead atoms. The lowest BCUT2D eigenvalue weighted by atomic mass is 10.1. The highest BCUT2D eigenvalue weighted by Crippen LogP contribution is 2.31. The summed E-state index contributed by atoms with van der Waals surface area (Å²) >= 11 is 0. The molecule has 1 aromatic carbocycles. The maximum Gasteiger partial charge on any atom is 0.161 e. The monoisotopic (exact) mass is 306 g/mol. The van der Waals surface area contributed by atoms with Crippen molar-refractivity contribution in [1.29, 1.82) is 0 Å². The summed E-state index contributed by atoms with van der Waals surface area (Å²) in [5.74, 6) is 1.68. The van der Waals surface area contributed by atoms with Crippen molar-refractivity contribution < 1.29 is 14.2 Å². The van der Waals surface area contributed by atoms with E-state index in [1.807, 2.05) is 6.07 Å². The summed E-state index contributed by atoms with van der Waals surface area (Å²) in [6, 6.07) is 6.29. The third kappa shape index (κ3) is 4.12. The number of hydrogen-bond acceptors (Lipinski definition) is 5. The first-order valence-corrected chi connectivity index (χ1v) is 8.19. The first kappa shape index (κ1) is 15.6. The van der Waals surface area contributed by atoms with Gasteiger partial charge < -0.3 is 19.5 Å². The molecule has 2 aliphatic heterocycles. The standard InChI is InChI=1S/C17H26N2O3/c1-20-16-3-2-14(13-19-8-6-18-7-9-19)12-17(16)22-15-4-10-21-11-5-15/h2-3,12,15,18H,4-11,13H2,1H3. The summed E-state index contributed by atoms with van der Waals surface area (Å²) in [5, 5.41) is 3.39. The van der Waals surface area contributed by atoms with Gasteiger partial charge in [-0.1, -0.05) is 6.07 Å². The summed E-state index contributed by atoms with van der Waals surface area (Å²) in [6.07, 6.45) is 2.13. The van der Waals surface area contributed by atoms with Crippen LogP contribution in [-0.2, 0) is 11.3 Å². The maximum atomic E-state index is 6.17. The average Bonchev–Trinajstić information content (AvgIpc) is 2.57. The second kappa shape index (κ2) is 7.81. The second-order valence-corrected chi connectivity index (χ2v) is 5.94. The van der Waals surface area contributed by atoms with Gasteiger partial charge in [-0.05, 0) is 17.7 Å². The molecule has 0 spiro atoms. The molecule has 2 heterocycles. The van der Waals surface area contributed by atoms with Gasteiger partial charge in [-0.15, -0.1) is 0 Å². The van der Waals surface area contributed by atoms with Gasteiger partial charge in [-0.3, -0.25) is 4.90 Å². The zero-order valence-corrected chi connectivity index (χ0v) is 13.3. The molecule has 122 valence electrons. The Labute approximate surface area is 132 Å². The van der Waals surface area contributed by atoms with Gasteiger partial charge in [-0.25, -0.2) is 0 Å². The van der Waals surface area contributed by atoms with E-state index in [2.05, 4.69) is 22.3 Å². The van der Waals surface area contributed by atoms with Crippen LogP contribution >= 0.6 is 0 Å². The molecule has 0 saturated carbocycles. The first-order valence-electron chi connectivity index (χ1n) is 8.19. The highest BCUT2D eigenvalue weighted by atomic mass is 16.5. The molecule has 0 unspecified atom stereocenters. The fourth-order valence-electron chi connectivity index (χ4n) is 3.01. The van der Waals surface area contributed by atoms with E-state index in [1.54, 1.807) is 7.11 Å². The molecule has 2 aliphatic rings. The molecule has 2 saturated heterocycles. The van der Waals surface area contributed by atoms with E-state index in [9.17, 15) is 0 Å². The largest absolute Gasteiger partial charge is 0.493 e. The number of hydrogen-bond donors (Lipinski definition) is 1. The number of methoxy groups -OCH3 is 1. The Morgan fingerprint density at radius 3 is 2.68 bits per heavy atom. The van der Waals surface area contributed by atoms with Gasteiger partial charge in [-0.2, -0.15) is 0 Å². The lowest BCUT2D eigenvalue weighted by Gasteiger charge is -2.28. The van der Waals surface area contributed by atoms with E-state index in [0.29, 0.717) is 0 Å². The summed E-state index contributed by atoms with van der Waals surface area (Å²) in [6.45, 7) is 6.88. The summed E-state index contributed by atoms with van der Waals surface area (Å²) in [5.41, 5.74) is 1.28. The van der Waals surface area contributed by atoms with Crippen molar-refractivity contribution >= 4 is 0 Å². The zero-order chi connectivity index (χ0) is 15.2. The minimum absolute atomic E-state index is 0.233. The van der Waals surface area contributed by atoms with Crippen molar-refractivity contribution in [1.82, 2.24) is 10.2 Å². The van der Waals surface area contributed by atoms with Gasteiger partial charge in [0, 0.05) is 45.6 Å². The highest BCUT2D eigenvalue weighted by Gasteiger charge is 2.18. The molecule has 2 fully saturated rings. The lowest BCUT2D eigenvalue weighted by Crippen LogP contribution is -2.42. The van der Waals surface area contributed by atoms with Crippen molar-refractivity contribution in [3.8, 4) is 11.5 Å². The highest BCUT2D eigenvalue weighted by molar-refractivity contribution is 5.43. The number of ether oxygens (including phenoxy) is 3. The third-order valence-corrected chi connectivity index (χ3v) is 4.31. The van der Waals surface area contributed by atoms with Crippen LogP contribution in [0.4, 0.5) is 0 Å². The Balaban J connectivity index is 1.67. The minimum atomic E-state index is 0.233. The predicted octanol–water partition coefficient (Wildman–Crippen LogP) is 1.66. The summed E-state index contributed by atoms with van der Waals surface area (Å²) in [7, 11) is 1.70. The molecule has 1 aromatic rings. The van der Waals surface area contributed by atoms with Crippen LogP contribution in [-0.4, -0.2) is 57.5 Å². The molecule has 0 atom stereocenters. The average molecular weight is 306 g/mol. The van der Waals surface area contributed by atoms with E-state index >= 15 is 0 Å². The molecular formula is C17H26N2O3. The number of nitrogens with zero attached hydrogens (tertiary/aromatic N) is 1. The van der Waals surface area contributed by atoms with Gasteiger partial charge in [0.1, 0.15) is 6.10 Å². The Morgan fingerprint density at radius 1 is 1.18 bits per heavy atom. The van der Waals surface area contributed by atoms with Crippen molar-refractivity contribution in [3.05, 3.63) is 23.8 Å². The number of piperazine rings is 1. The normalized spacial score (nSPS) is 20.8. The van der Waals surface area contributed by atoms with Crippen molar-refractivity contribution in [2.45, 2.75) is 25.5 Å². The first-order chi connectivity index (χ1) is 10.8. The third-order valence-electron chi connectivity index (χ3n) is 4.31. The molecule has 22 heavy (non-hydrogen) atoms. The molecular weight excluding hydrogens is 280 g/mol. The van der Waals surface area contributed by atoms with Crippen LogP contribution < -0.4 is 14.8 Å². The maximum absolute atomic E-state index is 6.17. The SMILES string of the molecule is COc1ccc(CN2CCNCC2)cc1OC1CCOCC1. The van der Waals surface area contributed by atoms with Gasteiger partial charge >= 0.3 is 0 Å². The fraction of sp³-hybridized carbons (Fsp3) is 0.647. The quantitative estimate of drug-likeness (QED) is 0.896. The van der Waals surface area contributed by atoms with Crippen LogP contribution in [0.1, 0.15) is 18.4 Å². The second-order valence-electron chi connectivity index (χ2n) is 5.94. The number of rotatable bonds is 5. The predicted molar refractivity (Wildman–Crippen MR) is 85.6 cm³/mol. The molecule has 0 aliphatic carbocycles. The fourth-order valence-corrected chi connectivity index (χ4v) is 3.01. The molecule has 0 aromatic heterocycles. The van der Waals surface area contributed by atoms with E-state index in [4.69, 9.17) is 14.2 Å². The van der Waals surface area contributed by atoms with E-state index in [1.165, 1.54) is 5.56 Å². The van der Waals surface area contributed by atoms with Crippen LogP contribution in [0.15, 0.2) is 18.2 Å². The lowest BCUT2D eigenvalue weighted by molar-refractivity contribution is 0.0245. The summed E-state index contributed by atoms with van der Waals surface area (Å²) in [4.78, 5) is 2.47.